The van der Waals surface area contributed by atoms with Gasteiger partial charge >= 0.3 is 0 Å². The topological polar surface area (TPSA) is 69.2 Å². The maximum Gasteiger partial charge on any atom is 0.277 e. The van der Waals surface area contributed by atoms with Gasteiger partial charge in [-0.1, -0.05) is 40.2 Å². The van der Waals surface area contributed by atoms with Crippen LogP contribution in [-0.4, -0.2) is 25.5 Å². The predicted octanol–water partition coefficient (Wildman–Crippen LogP) is 3.86. The van der Waals surface area contributed by atoms with Crippen molar-refractivity contribution in [3.05, 3.63) is 64.6 Å². The number of fused-ring (bicyclic) bond motifs is 2. The summed E-state index contributed by atoms with van der Waals surface area (Å²) >= 11 is 3.52. The van der Waals surface area contributed by atoms with Gasteiger partial charge in [-0.05, 0) is 41.3 Å². The minimum atomic E-state index is -0.348. The number of nitrogens with zero attached hydrogens (tertiary/aromatic N) is 1. The van der Waals surface area contributed by atoms with Gasteiger partial charge in [0, 0.05) is 9.86 Å². The minimum absolute atomic E-state index is 0.135. The lowest BCUT2D eigenvalue weighted by atomic mass is 10.1. The first-order valence-electron chi connectivity index (χ1n) is 8.22. The molecule has 0 saturated carbocycles. The second-order valence-electron chi connectivity index (χ2n) is 5.79. The normalized spacial score (nSPS) is 12.5. The largest absolute Gasteiger partial charge is 0.483 e. The number of hydrogen-bond acceptors (Lipinski definition) is 5. The van der Waals surface area contributed by atoms with Crippen molar-refractivity contribution in [3.63, 3.8) is 0 Å². The van der Waals surface area contributed by atoms with E-state index >= 15 is 0 Å². The standard InChI is InChI=1S/C20H15BrN2O4/c21-16-6-8-17(15-4-2-1-3-14(15)16)25-11-20(24)23-22-10-13-5-7-18-19(9-13)27-12-26-18/h1-10H,11-12H2,(H,23,24)/b22-10-. The van der Waals surface area contributed by atoms with Crippen molar-refractivity contribution in [2.75, 3.05) is 13.4 Å². The molecule has 0 radical (unpaired) electrons. The Morgan fingerprint density at radius 1 is 1.11 bits per heavy atom. The van der Waals surface area contributed by atoms with Crippen molar-refractivity contribution >= 4 is 38.8 Å². The second kappa shape index (κ2) is 7.67. The summed E-state index contributed by atoms with van der Waals surface area (Å²) in [5.41, 5.74) is 3.24. The van der Waals surface area contributed by atoms with Gasteiger partial charge in [0.15, 0.2) is 18.1 Å². The van der Waals surface area contributed by atoms with Crippen molar-refractivity contribution in [2.24, 2.45) is 5.10 Å². The quantitative estimate of drug-likeness (QED) is 0.496. The van der Waals surface area contributed by atoms with Crippen LogP contribution in [0.25, 0.3) is 10.8 Å². The van der Waals surface area contributed by atoms with Crippen LogP contribution >= 0.6 is 15.9 Å². The molecule has 0 fully saturated rings. The maximum absolute atomic E-state index is 12.0. The number of halogens is 1. The average molecular weight is 427 g/mol. The van der Waals surface area contributed by atoms with Crippen LogP contribution in [0.15, 0.2) is 64.2 Å². The van der Waals surface area contributed by atoms with Crippen LogP contribution < -0.4 is 19.6 Å². The Hall–Kier alpha value is -3.06. The minimum Gasteiger partial charge on any atom is -0.483 e. The predicted molar refractivity (Wildman–Crippen MR) is 105 cm³/mol. The molecule has 27 heavy (non-hydrogen) atoms. The van der Waals surface area contributed by atoms with Crippen LogP contribution in [0.5, 0.6) is 17.2 Å². The summed E-state index contributed by atoms with van der Waals surface area (Å²) in [6.07, 6.45) is 1.54. The highest BCUT2D eigenvalue weighted by molar-refractivity contribution is 9.10. The number of nitrogens with one attached hydrogen (secondary N) is 1. The van der Waals surface area contributed by atoms with Gasteiger partial charge < -0.3 is 14.2 Å². The Labute approximate surface area is 163 Å². The first-order valence-corrected chi connectivity index (χ1v) is 9.01. The van der Waals surface area contributed by atoms with Gasteiger partial charge in [-0.2, -0.15) is 5.10 Å². The molecule has 1 aliphatic rings. The third-order valence-electron chi connectivity index (χ3n) is 3.99. The molecule has 3 aromatic carbocycles. The number of benzene rings is 3. The zero-order valence-corrected chi connectivity index (χ0v) is 15.7. The second-order valence-corrected chi connectivity index (χ2v) is 6.64. The summed E-state index contributed by atoms with van der Waals surface area (Å²) in [7, 11) is 0. The summed E-state index contributed by atoms with van der Waals surface area (Å²) in [4.78, 5) is 12.0. The summed E-state index contributed by atoms with van der Waals surface area (Å²) < 4.78 is 17.2. The Balaban J connectivity index is 1.36. The molecule has 0 unspecified atom stereocenters. The summed E-state index contributed by atoms with van der Waals surface area (Å²) in [5, 5.41) is 5.91. The highest BCUT2D eigenvalue weighted by Crippen LogP contribution is 2.32. The number of carbonyl (C=O) groups excluding carboxylic acids is 1. The molecule has 4 rings (SSSR count). The fourth-order valence-electron chi connectivity index (χ4n) is 2.71. The Bertz CT molecular complexity index is 1040. The van der Waals surface area contributed by atoms with E-state index in [1.54, 1.807) is 12.1 Å². The van der Waals surface area contributed by atoms with Crippen LogP contribution in [-0.2, 0) is 4.79 Å². The monoisotopic (exact) mass is 426 g/mol. The highest BCUT2D eigenvalue weighted by Gasteiger charge is 2.12. The zero-order chi connectivity index (χ0) is 18.6. The van der Waals surface area contributed by atoms with Gasteiger partial charge in [0.25, 0.3) is 5.91 Å². The van der Waals surface area contributed by atoms with Gasteiger partial charge in [0.05, 0.1) is 6.21 Å². The van der Waals surface area contributed by atoms with Gasteiger partial charge in [-0.25, -0.2) is 5.43 Å². The number of hydrogen-bond donors (Lipinski definition) is 1. The number of hydrazone groups is 1. The van der Waals surface area contributed by atoms with Crippen molar-refractivity contribution < 1.29 is 19.0 Å². The van der Waals surface area contributed by atoms with Crippen molar-refractivity contribution in [2.45, 2.75) is 0 Å². The van der Waals surface area contributed by atoms with Gasteiger partial charge in [-0.3, -0.25) is 4.79 Å². The Kier molecular flexibility index (Phi) is 4.93. The maximum atomic E-state index is 12.0. The molecule has 1 aliphatic heterocycles. The smallest absolute Gasteiger partial charge is 0.277 e. The first-order chi connectivity index (χ1) is 13.2. The molecule has 1 amide bonds. The molecule has 0 saturated heterocycles. The van der Waals surface area contributed by atoms with E-state index in [4.69, 9.17) is 14.2 Å². The fraction of sp³-hybridized carbons (Fsp3) is 0.100. The van der Waals surface area contributed by atoms with E-state index in [1.807, 2.05) is 42.5 Å². The number of rotatable bonds is 5. The molecule has 1 heterocycles. The van der Waals surface area contributed by atoms with Crippen LogP contribution in [0.1, 0.15) is 5.56 Å². The summed E-state index contributed by atoms with van der Waals surface area (Å²) in [6.45, 7) is 0.0822. The molecule has 0 aromatic heterocycles. The van der Waals surface area contributed by atoms with Gasteiger partial charge in [-0.15, -0.1) is 0 Å². The molecule has 0 spiro atoms. The lowest BCUT2D eigenvalue weighted by Gasteiger charge is -2.09. The fourth-order valence-corrected chi connectivity index (χ4v) is 3.19. The molecule has 0 atom stereocenters. The average Bonchev–Trinajstić information content (AvgIpc) is 3.16. The lowest BCUT2D eigenvalue weighted by Crippen LogP contribution is -2.24. The first kappa shape index (κ1) is 17.4. The molecule has 6 nitrogen and oxygen atoms in total. The van der Waals surface area contributed by atoms with E-state index in [-0.39, 0.29) is 19.3 Å². The number of ether oxygens (including phenoxy) is 3. The lowest BCUT2D eigenvalue weighted by molar-refractivity contribution is -0.123. The van der Waals surface area contributed by atoms with Crippen molar-refractivity contribution in [1.82, 2.24) is 5.43 Å². The number of amides is 1. The molecular weight excluding hydrogens is 412 g/mol. The van der Waals surface area contributed by atoms with Crippen LogP contribution in [0.4, 0.5) is 0 Å². The third-order valence-corrected chi connectivity index (χ3v) is 4.68. The Morgan fingerprint density at radius 3 is 2.81 bits per heavy atom. The molecule has 7 heteroatoms. The van der Waals surface area contributed by atoms with E-state index in [9.17, 15) is 4.79 Å². The van der Waals surface area contributed by atoms with E-state index in [0.29, 0.717) is 17.2 Å². The van der Waals surface area contributed by atoms with Crippen LogP contribution in [0, 0.1) is 0 Å². The molecule has 136 valence electrons. The van der Waals surface area contributed by atoms with E-state index < -0.39 is 0 Å². The van der Waals surface area contributed by atoms with E-state index in [2.05, 4.69) is 26.5 Å². The molecular formula is C20H15BrN2O4. The SMILES string of the molecule is O=C(COc1ccc(Br)c2ccccc12)N/N=C\c1ccc2c(c1)OCO2. The zero-order valence-electron chi connectivity index (χ0n) is 14.1. The van der Waals surface area contributed by atoms with Crippen LogP contribution in [0.2, 0.25) is 0 Å². The third kappa shape index (κ3) is 3.88. The highest BCUT2D eigenvalue weighted by atomic mass is 79.9. The number of carbonyl (C=O) groups is 1. The van der Waals surface area contributed by atoms with Crippen molar-refractivity contribution in [1.29, 1.82) is 0 Å². The van der Waals surface area contributed by atoms with Crippen LogP contribution in [0.3, 0.4) is 0 Å². The van der Waals surface area contributed by atoms with Gasteiger partial charge in [0.1, 0.15) is 5.75 Å². The van der Waals surface area contributed by atoms with E-state index in [0.717, 1.165) is 20.8 Å². The molecule has 3 aromatic rings. The Morgan fingerprint density at radius 2 is 1.93 bits per heavy atom. The van der Waals surface area contributed by atoms with Gasteiger partial charge in [0.2, 0.25) is 6.79 Å². The summed E-state index contributed by atoms with van der Waals surface area (Å²) in [6, 6.07) is 17.0. The van der Waals surface area contributed by atoms with Crippen molar-refractivity contribution in [3.8, 4) is 17.2 Å². The molecule has 0 bridgehead atoms. The summed E-state index contributed by atoms with van der Waals surface area (Å²) in [5.74, 6) is 1.66. The molecule has 1 N–H and O–H groups in total. The van der Waals surface area contributed by atoms with E-state index in [1.165, 1.54) is 6.21 Å². The molecule has 0 aliphatic carbocycles.